The van der Waals surface area contributed by atoms with Gasteiger partial charge < -0.3 is 9.78 Å². The van der Waals surface area contributed by atoms with Crippen LogP contribution in [-0.2, 0) is 11.2 Å². The lowest BCUT2D eigenvalue weighted by Gasteiger charge is -2.45. The zero-order chi connectivity index (χ0) is 14.4. The molecule has 4 rings (SSSR count). The van der Waals surface area contributed by atoms with Crippen LogP contribution < -0.4 is 0 Å². The van der Waals surface area contributed by atoms with Crippen LogP contribution in [0.2, 0.25) is 0 Å². The highest BCUT2D eigenvalue weighted by atomic mass is 16.1. The van der Waals surface area contributed by atoms with Gasteiger partial charge in [0.25, 0.3) is 0 Å². The van der Waals surface area contributed by atoms with Crippen LogP contribution in [0, 0.1) is 11.8 Å². The van der Waals surface area contributed by atoms with Crippen molar-refractivity contribution in [2.45, 2.75) is 32.2 Å². The fourth-order valence-electron chi connectivity index (χ4n) is 4.36. The number of hydrogen-bond donors (Lipinski definition) is 1. The first-order chi connectivity index (χ1) is 10.3. The Morgan fingerprint density at radius 1 is 1.38 bits per heavy atom. The number of rotatable bonds is 2. The van der Waals surface area contributed by atoms with Gasteiger partial charge in [-0.2, -0.15) is 0 Å². The molecule has 0 spiro atoms. The molecule has 0 bridgehead atoms. The Labute approximate surface area is 125 Å². The van der Waals surface area contributed by atoms with E-state index in [0.29, 0.717) is 5.92 Å². The molecule has 1 fully saturated rings. The maximum Gasteiger partial charge on any atom is 0.125 e. The van der Waals surface area contributed by atoms with Crippen molar-refractivity contribution < 1.29 is 4.79 Å². The third-order valence-corrected chi connectivity index (χ3v) is 5.44. The maximum atomic E-state index is 11.7. The number of carbonyl (C=O) groups is 1. The van der Waals surface area contributed by atoms with E-state index in [1.165, 1.54) is 34.9 Å². The van der Waals surface area contributed by atoms with Gasteiger partial charge in [-0.25, -0.2) is 0 Å². The lowest BCUT2D eigenvalue weighted by Crippen LogP contribution is -2.47. The van der Waals surface area contributed by atoms with Gasteiger partial charge in [-0.1, -0.05) is 31.5 Å². The van der Waals surface area contributed by atoms with E-state index in [-0.39, 0.29) is 12.0 Å². The number of benzene rings is 1. The van der Waals surface area contributed by atoms with Crippen LogP contribution in [0.15, 0.2) is 24.3 Å². The van der Waals surface area contributed by atoms with E-state index in [9.17, 15) is 4.79 Å². The molecule has 2 aliphatic rings. The number of para-hydroxylation sites is 1. The van der Waals surface area contributed by atoms with E-state index >= 15 is 0 Å². The van der Waals surface area contributed by atoms with Crippen LogP contribution in [0.3, 0.4) is 0 Å². The minimum Gasteiger partial charge on any atom is -0.357 e. The molecular formula is C18H22N2O. The van der Waals surface area contributed by atoms with Crippen molar-refractivity contribution >= 4 is 17.2 Å². The average molecular weight is 282 g/mol. The average Bonchev–Trinajstić information content (AvgIpc) is 2.92. The number of carbonyl (C=O) groups excluding carboxylic acids is 1. The molecular weight excluding hydrogens is 260 g/mol. The Bertz CT molecular complexity index is 675. The highest BCUT2D eigenvalue weighted by Gasteiger charge is 2.40. The van der Waals surface area contributed by atoms with Crippen LogP contribution in [0.5, 0.6) is 0 Å². The molecule has 0 amide bonds. The van der Waals surface area contributed by atoms with Gasteiger partial charge in [0.2, 0.25) is 0 Å². The van der Waals surface area contributed by atoms with Crippen LogP contribution >= 0.6 is 0 Å². The van der Waals surface area contributed by atoms with E-state index < -0.39 is 0 Å². The molecule has 1 aromatic carbocycles. The molecule has 2 aromatic rings. The number of piperidine rings is 1. The van der Waals surface area contributed by atoms with Crippen LogP contribution in [0.4, 0.5) is 0 Å². The lowest BCUT2D eigenvalue weighted by molar-refractivity contribution is -0.116. The third-order valence-electron chi connectivity index (χ3n) is 5.44. The van der Waals surface area contributed by atoms with E-state index in [1.807, 2.05) is 0 Å². The number of aromatic nitrogens is 1. The molecule has 0 radical (unpaired) electrons. The fraction of sp³-hybridized carbons (Fsp3) is 0.500. The summed E-state index contributed by atoms with van der Waals surface area (Å²) in [5.41, 5.74) is 3.95. The van der Waals surface area contributed by atoms with Crippen molar-refractivity contribution in [3.8, 4) is 0 Å². The van der Waals surface area contributed by atoms with Crippen molar-refractivity contribution in [2.75, 3.05) is 13.1 Å². The highest BCUT2D eigenvalue weighted by Crippen LogP contribution is 2.43. The van der Waals surface area contributed by atoms with Crippen LogP contribution in [0.1, 0.15) is 37.1 Å². The number of H-pyrrole nitrogens is 1. The normalized spacial score (nSPS) is 29.1. The van der Waals surface area contributed by atoms with E-state index in [4.69, 9.17) is 0 Å². The predicted octanol–water partition coefficient (Wildman–Crippen LogP) is 3.31. The monoisotopic (exact) mass is 282 g/mol. The zero-order valence-electron chi connectivity index (χ0n) is 12.5. The summed E-state index contributed by atoms with van der Waals surface area (Å²) >= 11 is 0. The molecule has 2 aliphatic heterocycles. The van der Waals surface area contributed by atoms with Crippen LogP contribution in [-0.4, -0.2) is 29.3 Å². The molecule has 1 N–H and O–H groups in total. The number of hydrogen-bond acceptors (Lipinski definition) is 2. The Kier molecular flexibility index (Phi) is 3.11. The Morgan fingerprint density at radius 3 is 3.05 bits per heavy atom. The number of fused-ring (bicyclic) bond motifs is 5. The Hall–Kier alpha value is -1.61. The van der Waals surface area contributed by atoms with Gasteiger partial charge in [-0.15, -0.1) is 0 Å². The molecule has 3 heteroatoms. The quantitative estimate of drug-likeness (QED) is 0.858. The summed E-state index contributed by atoms with van der Waals surface area (Å²) in [7, 11) is 0. The maximum absolute atomic E-state index is 11.7. The summed E-state index contributed by atoms with van der Waals surface area (Å²) in [5, 5.41) is 1.34. The third kappa shape index (κ3) is 1.95. The molecule has 1 saturated heterocycles. The van der Waals surface area contributed by atoms with E-state index in [2.05, 4.69) is 41.1 Å². The van der Waals surface area contributed by atoms with Crippen molar-refractivity contribution in [3.63, 3.8) is 0 Å². The highest BCUT2D eigenvalue weighted by molar-refractivity contribution is 5.85. The first-order valence-electron chi connectivity index (χ1n) is 8.10. The smallest absolute Gasteiger partial charge is 0.125 e. The molecule has 110 valence electrons. The summed E-state index contributed by atoms with van der Waals surface area (Å²) < 4.78 is 0. The van der Waals surface area contributed by atoms with E-state index in [1.54, 1.807) is 0 Å². The second kappa shape index (κ2) is 4.99. The molecule has 3 atom stereocenters. The van der Waals surface area contributed by atoms with Gasteiger partial charge in [0.05, 0.1) is 6.04 Å². The molecule has 0 saturated carbocycles. The van der Waals surface area contributed by atoms with Gasteiger partial charge >= 0.3 is 0 Å². The fourth-order valence-corrected chi connectivity index (χ4v) is 4.36. The van der Waals surface area contributed by atoms with Gasteiger partial charge in [0, 0.05) is 35.6 Å². The Balaban J connectivity index is 1.81. The summed E-state index contributed by atoms with van der Waals surface area (Å²) in [4.78, 5) is 17.8. The first-order valence-corrected chi connectivity index (χ1v) is 8.10. The lowest BCUT2D eigenvalue weighted by atomic mass is 9.78. The van der Waals surface area contributed by atoms with Gasteiger partial charge in [-0.3, -0.25) is 4.90 Å². The number of aromatic amines is 1. The SMILES string of the molecule is CC[C@H]1C[C@H](C=O)[C@@H]2c3[nH]c4ccccc4c3CCN2C1. The Morgan fingerprint density at radius 2 is 2.24 bits per heavy atom. The number of aldehydes is 1. The molecule has 0 aliphatic carbocycles. The minimum atomic E-state index is 0.135. The topological polar surface area (TPSA) is 36.1 Å². The van der Waals surface area contributed by atoms with Crippen molar-refractivity contribution in [1.29, 1.82) is 0 Å². The van der Waals surface area contributed by atoms with Gasteiger partial charge in [-0.05, 0) is 30.4 Å². The number of nitrogens with one attached hydrogen (secondary N) is 1. The molecule has 3 nitrogen and oxygen atoms in total. The summed E-state index contributed by atoms with van der Waals surface area (Å²) in [6, 6.07) is 8.79. The first kappa shape index (κ1) is 13.1. The van der Waals surface area contributed by atoms with E-state index in [0.717, 1.165) is 25.9 Å². The second-order valence-electron chi connectivity index (χ2n) is 6.56. The van der Waals surface area contributed by atoms with Crippen molar-refractivity contribution in [1.82, 2.24) is 9.88 Å². The molecule has 0 unspecified atom stereocenters. The number of nitrogens with zero attached hydrogens (tertiary/aromatic N) is 1. The van der Waals surface area contributed by atoms with Gasteiger partial charge in [0.15, 0.2) is 0 Å². The molecule has 21 heavy (non-hydrogen) atoms. The minimum absolute atomic E-state index is 0.135. The summed E-state index contributed by atoms with van der Waals surface area (Å²) in [6.07, 6.45) is 4.50. The summed E-state index contributed by atoms with van der Waals surface area (Å²) in [5.74, 6) is 0.804. The van der Waals surface area contributed by atoms with Crippen LogP contribution in [0.25, 0.3) is 10.9 Å². The second-order valence-corrected chi connectivity index (χ2v) is 6.56. The zero-order valence-corrected chi connectivity index (χ0v) is 12.5. The van der Waals surface area contributed by atoms with Crippen molar-refractivity contribution in [3.05, 3.63) is 35.5 Å². The molecule has 1 aromatic heterocycles. The molecule has 3 heterocycles. The standard InChI is InChI=1S/C18H22N2O/c1-2-12-9-13(11-21)18-17-15(7-8-20(18)10-12)14-5-3-4-6-16(14)19-17/h3-6,11-13,18-19H,2,7-10H2,1H3/t12-,13+,18+/m0/s1. The van der Waals surface area contributed by atoms with Crippen molar-refractivity contribution in [2.24, 2.45) is 11.8 Å². The predicted molar refractivity (Wildman–Crippen MR) is 84.3 cm³/mol. The van der Waals surface area contributed by atoms with Gasteiger partial charge in [0.1, 0.15) is 6.29 Å². The summed E-state index contributed by atoms with van der Waals surface area (Å²) in [6.45, 7) is 4.46. The largest absolute Gasteiger partial charge is 0.357 e.